The van der Waals surface area contributed by atoms with Gasteiger partial charge in [0, 0.05) is 24.5 Å². The first kappa shape index (κ1) is 23.2. The zero-order valence-corrected chi connectivity index (χ0v) is 19.6. The molecule has 1 fully saturated rings. The van der Waals surface area contributed by atoms with E-state index in [1.165, 1.54) is 4.90 Å². The van der Waals surface area contributed by atoms with E-state index >= 15 is 0 Å². The molecule has 2 aromatic carbocycles. The predicted octanol–water partition coefficient (Wildman–Crippen LogP) is 5.11. The molecule has 1 amide bonds. The second-order valence-electron chi connectivity index (χ2n) is 8.51. The number of nitrogens with zero attached hydrogens (tertiary/aromatic N) is 2. The summed E-state index contributed by atoms with van der Waals surface area (Å²) in [6, 6.07) is 15.8. The molecule has 1 aliphatic rings. The number of carbonyl (C=O) groups is 2. The molecule has 1 N–H and O–H groups in total. The first-order valence-corrected chi connectivity index (χ1v) is 11.4. The molecule has 0 bridgehead atoms. The third-order valence-electron chi connectivity index (χ3n) is 5.99. The topological polar surface area (TPSA) is 79.7 Å². The molecule has 1 aliphatic heterocycles. The molecular formula is C28H28N2O4. The van der Waals surface area contributed by atoms with E-state index in [0.29, 0.717) is 23.5 Å². The van der Waals surface area contributed by atoms with E-state index in [1.54, 1.807) is 48.8 Å². The van der Waals surface area contributed by atoms with Crippen molar-refractivity contribution in [2.75, 3.05) is 6.61 Å². The number of Topliss-reactive ketones (excluding diaryl/α,β-unsaturated/α-hetero) is 1. The fourth-order valence-corrected chi connectivity index (χ4v) is 4.20. The van der Waals surface area contributed by atoms with E-state index in [0.717, 1.165) is 23.1 Å². The van der Waals surface area contributed by atoms with Gasteiger partial charge in [-0.05, 0) is 61.2 Å². The van der Waals surface area contributed by atoms with Crippen LogP contribution in [0.2, 0.25) is 0 Å². The Hall–Kier alpha value is -3.93. The summed E-state index contributed by atoms with van der Waals surface area (Å²) in [5.41, 5.74) is 4.25. The molecule has 1 atom stereocenters. The van der Waals surface area contributed by atoms with Gasteiger partial charge in [-0.25, -0.2) is 0 Å². The van der Waals surface area contributed by atoms with Crippen LogP contribution in [0, 0.1) is 13.8 Å². The summed E-state index contributed by atoms with van der Waals surface area (Å²) in [6.45, 7) is 6.78. The number of rotatable bonds is 7. The Labute approximate surface area is 199 Å². The lowest BCUT2D eigenvalue weighted by Gasteiger charge is -2.26. The van der Waals surface area contributed by atoms with Crippen molar-refractivity contribution in [3.05, 3.63) is 100 Å². The highest BCUT2D eigenvalue weighted by atomic mass is 16.5. The second kappa shape index (κ2) is 9.91. The number of amides is 1. The normalized spacial score (nSPS) is 17.3. The standard InChI is InChI=1S/C28H28N2O4/c1-4-14-34-23-7-5-6-21(16-23)26(31)24-25(20-10-12-29-13-11-20)30(28(33)27(24)32)17-22-15-18(2)8-9-19(22)3/h5-13,15-16,25,31H,4,14,17H2,1-3H3/b26-24+. The molecule has 0 spiro atoms. The van der Waals surface area contributed by atoms with Crippen molar-refractivity contribution in [1.82, 2.24) is 9.88 Å². The Morgan fingerprint density at radius 1 is 1.06 bits per heavy atom. The molecular weight excluding hydrogens is 428 g/mol. The van der Waals surface area contributed by atoms with Gasteiger partial charge < -0.3 is 14.7 Å². The summed E-state index contributed by atoms with van der Waals surface area (Å²) in [5.74, 6) is -0.964. The van der Waals surface area contributed by atoms with Crippen LogP contribution in [-0.2, 0) is 16.1 Å². The Kier molecular flexibility index (Phi) is 6.77. The van der Waals surface area contributed by atoms with Gasteiger partial charge in [0.25, 0.3) is 11.7 Å². The van der Waals surface area contributed by atoms with Gasteiger partial charge >= 0.3 is 0 Å². The van der Waals surface area contributed by atoms with Crippen molar-refractivity contribution in [3.63, 3.8) is 0 Å². The highest BCUT2D eigenvalue weighted by Crippen LogP contribution is 2.40. The maximum atomic E-state index is 13.3. The minimum Gasteiger partial charge on any atom is -0.507 e. The fraction of sp³-hybridized carbons (Fsp3) is 0.250. The Bertz CT molecular complexity index is 1250. The first-order valence-electron chi connectivity index (χ1n) is 11.4. The van der Waals surface area contributed by atoms with Crippen LogP contribution < -0.4 is 4.74 Å². The Morgan fingerprint density at radius 3 is 2.56 bits per heavy atom. The number of hydrogen-bond acceptors (Lipinski definition) is 5. The molecule has 0 saturated carbocycles. The van der Waals surface area contributed by atoms with Crippen LogP contribution in [0.1, 0.15) is 47.2 Å². The molecule has 1 aromatic heterocycles. The van der Waals surface area contributed by atoms with E-state index in [4.69, 9.17) is 4.74 Å². The fourth-order valence-electron chi connectivity index (χ4n) is 4.20. The average molecular weight is 457 g/mol. The third kappa shape index (κ3) is 4.57. The van der Waals surface area contributed by atoms with Crippen molar-refractivity contribution in [2.45, 2.75) is 39.8 Å². The number of aliphatic hydroxyl groups excluding tert-OH is 1. The van der Waals surface area contributed by atoms with Crippen LogP contribution in [0.3, 0.4) is 0 Å². The van der Waals surface area contributed by atoms with Gasteiger partial charge in [0.2, 0.25) is 0 Å². The van der Waals surface area contributed by atoms with Crippen molar-refractivity contribution >= 4 is 17.4 Å². The zero-order chi connectivity index (χ0) is 24.2. The molecule has 1 saturated heterocycles. The summed E-state index contributed by atoms with van der Waals surface area (Å²) in [4.78, 5) is 32.1. The summed E-state index contributed by atoms with van der Waals surface area (Å²) in [5, 5.41) is 11.3. The number of aromatic nitrogens is 1. The number of likely N-dealkylation sites (tertiary alicyclic amines) is 1. The van der Waals surface area contributed by atoms with Gasteiger partial charge in [0.1, 0.15) is 11.5 Å². The van der Waals surface area contributed by atoms with Crippen LogP contribution in [-0.4, -0.2) is 33.3 Å². The molecule has 34 heavy (non-hydrogen) atoms. The lowest BCUT2D eigenvalue weighted by molar-refractivity contribution is -0.140. The van der Waals surface area contributed by atoms with Crippen LogP contribution >= 0.6 is 0 Å². The number of carbonyl (C=O) groups excluding carboxylic acids is 2. The largest absolute Gasteiger partial charge is 0.507 e. The number of ketones is 1. The van der Waals surface area contributed by atoms with E-state index in [1.807, 2.05) is 39.0 Å². The number of pyridine rings is 1. The molecule has 0 radical (unpaired) electrons. The molecule has 6 heteroatoms. The lowest BCUT2D eigenvalue weighted by Crippen LogP contribution is -2.29. The zero-order valence-electron chi connectivity index (χ0n) is 19.6. The van der Waals surface area contributed by atoms with Gasteiger partial charge in [0.05, 0.1) is 18.2 Å². The first-order chi connectivity index (χ1) is 16.4. The van der Waals surface area contributed by atoms with Gasteiger partial charge in [-0.1, -0.05) is 42.8 Å². The second-order valence-corrected chi connectivity index (χ2v) is 8.51. The average Bonchev–Trinajstić information content (AvgIpc) is 3.10. The summed E-state index contributed by atoms with van der Waals surface area (Å²) in [7, 11) is 0. The molecule has 174 valence electrons. The van der Waals surface area contributed by atoms with Gasteiger partial charge in [-0.3, -0.25) is 14.6 Å². The number of ether oxygens (including phenoxy) is 1. The van der Waals surface area contributed by atoms with Crippen molar-refractivity contribution in [3.8, 4) is 5.75 Å². The van der Waals surface area contributed by atoms with Crippen LogP contribution in [0.15, 0.2) is 72.6 Å². The van der Waals surface area contributed by atoms with Crippen LogP contribution in [0.4, 0.5) is 0 Å². The molecule has 3 aromatic rings. The van der Waals surface area contributed by atoms with Crippen LogP contribution in [0.25, 0.3) is 5.76 Å². The van der Waals surface area contributed by atoms with E-state index in [2.05, 4.69) is 4.98 Å². The van der Waals surface area contributed by atoms with Gasteiger partial charge in [0.15, 0.2) is 0 Å². The molecule has 1 unspecified atom stereocenters. The molecule has 4 rings (SSSR count). The highest BCUT2D eigenvalue weighted by Gasteiger charge is 2.46. The van der Waals surface area contributed by atoms with Gasteiger partial charge in [-0.15, -0.1) is 0 Å². The maximum Gasteiger partial charge on any atom is 0.295 e. The van der Waals surface area contributed by atoms with Gasteiger partial charge in [-0.2, -0.15) is 0 Å². The minimum absolute atomic E-state index is 0.0640. The smallest absolute Gasteiger partial charge is 0.295 e. The number of aryl methyl sites for hydroxylation is 2. The summed E-state index contributed by atoms with van der Waals surface area (Å²) < 4.78 is 5.69. The van der Waals surface area contributed by atoms with E-state index in [9.17, 15) is 14.7 Å². The van der Waals surface area contributed by atoms with Crippen LogP contribution in [0.5, 0.6) is 5.75 Å². The monoisotopic (exact) mass is 456 g/mol. The lowest BCUT2D eigenvalue weighted by atomic mass is 9.95. The molecule has 2 heterocycles. The van der Waals surface area contributed by atoms with Crippen molar-refractivity contribution < 1.29 is 19.4 Å². The summed E-state index contributed by atoms with van der Waals surface area (Å²) >= 11 is 0. The van der Waals surface area contributed by atoms with Crippen molar-refractivity contribution in [2.24, 2.45) is 0 Å². The quantitative estimate of drug-likeness (QED) is 0.304. The predicted molar refractivity (Wildman–Crippen MR) is 130 cm³/mol. The molecule has 6 nitrogen and oxygen atoms in total. The Morgan fingerprint density at radius 2 is 1.82 bits per heavy atom. The van der Waals surface area contributed by atoms with Crippen molar-refractivity contribution in [1.29, 1.82) is 0 Å². The van der Waals surface area contributed by atoms with E-state index < -0.39 is 17.7 Å². The third-order valence-corrected chi connectivity index (χ3v) is 5.99. The number of aliphatic hydroxyl groups is 1. The minimum atomic E-state index is -0.733. The summed E-state index contributed by atoms with van der Waals surface area (Å²) in [6.07, 6.45) is 4.08. The SMILES string of the molecule is CCCOc1cccc(/C(O)=C2\C(=O)C(=O)N(Cc3cc(C)ccc3C)C2c2ccncc2)c1. The highest BCUT2D eigenvalue weighted by molar-refractivity contribution is 6.46. The maximum absolute atomic E-state index is 13.3. The number of hydrogen-bond donors (Lipinski definition) is 1. The van der Waals surface area contributed by atoms with E-state index in [-0.39, 0.29) is 17.9 Å². The Balaban J connectivity index is 1.82. The number of benzene rings is 2. The molecule has 0 aliphatic carbocycles.